The standard InChI is InChI=1S/C15H10ClF2N3O.ClH/c1-22-12-5-11-7(15(19)21-6-20-11)4-8(12)13-10(17)3-2-9(16)14(13)18;/h2-6H,1H3,(H2,19,20,21);1H. The Morgan fingerprint density at radius 1 is 1.17 bits per heavy atom. The van der Waals surface area contributed by atoms with Gasteiger partial charge >= 0.3 is 0 Å². The Hall–Kier alpha value is -2.18. The summed E-state index contributed by atoms with van der Waals surface area (Å²) in [5.74, 6) is -1.16. The Morgan fingerprint density at radius 2 is 1.91 bits per heavy atom. The van der Waals surface area contributed by atoms with Gasteiger partial charge in [-0.25, -0.2) is 18.7 Å². The quantitative estimate of drug-likeness (QED) is 0.696. The van der Waals surface area contributed by atoms with Crippen LogP contribution in [0.1, 0.15) is 0 Å². The second-order valence-electron chi connectivity index (χ2n) is 4.55. The lowest BCUT2D eigenvalue weighted by molar-refractivity contribution is 0.416. The van der Waals surface area contributed by atoms with Gasteiger partial charge in [-0.15, -0.1) is 12.4 Å². The molecule has 3 rings (SSSR count). The zero-order valence-electron chi connectivity index (χ0n) is 11.8. The average molecular weight is 358 g/mol. The van der Waals surface area contributed by atoms with E-state index in [4.69, 9.17) is 22.1 Å². The summed E-state index contributed by atoms with van der Waals surface area (Å²) in [5.41, 5.74) is 6.21. The second-order valence-corrected chi connectivity index (χ2v) is 4.95. The van der Waals surface area contributed by atoms with Crippen LogP contribution in [0.25, 0.3) is 22.0 Å². The van der Waals surface area contributed by atoms with E-state index < -0.39 is 11.6 Å². The molecular formula is C15H11Cl2F2N3O. The minimum absolute atomic E-state index is 0. The fourth-order valence-electron chi connectivity index (χ4n) is 2.24. The van der Waals surface area contributed by atoms with Crippen molar-refractivity contribution < 1.29 is 13.5 Å². The monoisotopic (exact) mass is 357 g/mol. The van der Waals surface area contributed by atoms with Crippen molar-refractivity contribution in [1.82, 2.24) is 9.97 Å². The number of benzene rings is 2. The van der Waals surface area contributed by atoms with E-state index in [0.717, 1.165) is 12.1 Å². The third kappa shape index (κ3) is 2.87. The fraction of sp³-hybridized carbons (Fsp3) is 0.0667. The lowest BCUT2D eigenvalue weighted by Gasteiger charge is -2.13. The zero-order valence-corrected chi connectivity index (χ0v) is 13.4. The van der Waals surface area contributed by atoms with E-state index in [9.17, 15) is 8.78 Å². The molecule has 0 unspecified atom stereocenters. The molecule has 0 aliphatic carbocycles. The van der Waals surface area contributed by atoms with Crippen LogP contribution < -0.4 is 10.5 Å². The minimum atomic E-state index is -0.866. The van der Waals surface area contributed by atoms with E-state index in [1.165, 1.54) is 19.5 Å². The maximum atomic E-state index is 14.3. The Morgan fingerprint density at radius 3 is 2.61 bits per heavy atom. The molecule has 0 aliphatic rings. The summed E-state index contributed by atoms with van der Waals surface area (Å²) < 4.78 is 33.6. The largest absolute Gasteiger partial charge is 0.496 e. The van der Waals surface area contributed by atoms with Crippen LogP contribution in [-0.2, 0) is 0 Å². The minimum Gasteiger partial charge on any atom is -0.496 e. The van der Waals surface area contributed by atoms with Crippen LogP contribution in [-0.4, -0.2) is 17.1 Å². The molecule has 0 saturated heterocycles. The molecule has 0 fully saturated rings. The number of nitrogens with zero attached hydrogens (tertiary/aromatic N) is 2. The van der Waals surface area contributed by atoms with E-state index in [2.05, 4.69) is 9.97 Å². The molecule has 0 spiro atoms. The summed E-state index contributed by atoms with van der Waals surface area (Å²) >= 11 is 5.75. The highest BCUT2D eigenvalue weighted by Gasteiger charge is 2.20. The van der Waals surface area contributed by atoms with Gasteiger partial charge in [0.15, 0.2) is 5.82 Å². The lowest BCUT2D eigenvalue weighted by Crippen LogP contribution is -1.98. The van der Waals surface area contributed by atoms with Gasteiger partial charge in [-0.2, -0.15) is 0 Å². The van der Waals surface area contributed by atoms with Gasteiger partial charge < -0.3 is 10.5 Å². The molecule has 3 aromatic rings. The first kappa shape index (κ1) is 17.2. The number of anilines is 1. The molecule has 0 radical (unpaired) electrons. The number of aromatic nitrogens is 2. The van der Waals surface area contributed by atoms with Crippen LogP contribution in [0.2, 0.25) is 5.02 Å². The molecule has 2 N–H and O–H groups in total. The topological polar surface area (TPSA) is 61.0 Å². The van der Waals surface area contributed by atoms with E-state index in [0.29, 0.717) is 10.9 Å². The van der Waals surface area contributed by atoms with Crippen molar-refractivity contribution in [2.24, 2.45) is 0 Å². The third-order valence-corrected chi connectivity index (χ3v) is 3.59. The van der Waals surface area contributed by atoms with Gasteiger partial charge in [0.2, 0.25) is 0 Å². The van der Waals surface area contributed by atoms with Crippen LogP contribution in [0.4, 0.5) is 14.6 Å². The number of rotatable bonds is 2. The molecule has 2 aromatic carbocycles. The molecule has 4 nitrogen and oxygen atoms in total. The molecule has 23 heavy (non-hydrogen) atoms. The highest BCUT2D eigenvalue weighted by atomic mass is 35.5. The number of hydrogen-bond acceptors (Lipinski definition) is 4. The number of halogens is 4. The normalized spacial score (nSPS) is 10.4. The molecule has 0 amide bonds. The van der Waals surface area contributed by atoms with Gasteiger partial charge in [0, 0.05) is 17.0 Å². The van der Waals surface area contributed by atoms with Crippen molar-refractivity contribution in [2.45, 2.75) is 0 Å². The van der Waals surface area contributed by atoms with Crippen LogP contribution in [0.15, 0.2) is 30.6 Å². The van der Waals surface area contributed by atoms with Crippen LogP contribution in [0, 0.1) is 11.6 Å². The molecule has 8 heteroatoms. The summed E-state index contributed by atoms with van der Waals surface area (Å²) in [6, 6.07) is 5.28. The predicted octanol–water partition coefficient (Wildman–Crippen LogP) is 4.24. The van der Waals surface area contributed by atoms with Crippen molar-refractivity contribution in [3.8, 4) is 16.9 Å². The summed E-state index contributed by atoms with van der Waals surface area (Å²) in [7, 11) is 1.40. The first-order chi connectivity index (χ1) is 10.5. The molecule has 0 saturated carbocycles. The van der Waals surface area contributed by atoms with Gasteiger partial charge in [-0.05, 0) is 18.2 Å². The van der Waals surface area contributed by atoms with Gasteiger partial charge in [0.05, 0.1) is 23.2 Å². The van der Waals surface area contributed by atoms with E-state index in [-0.39, 0.29) is 40.1 Å². The van der Waals surface area contributed by atoms with Crippen molar-refractivity contribution in [3.05, 3.63) is 47.2 Å². The first-order valence-corrected chi connectivity index (χ1v) is 6.62. The number of methoxy groups -OCH3 is 1. The number of ether oxygens (including phenoxy) is 1. The number of nitrogen functional groups attached to an aromatic ring is 1. The maximum Gasteiger partial charge on any atom is 0.152 e. The number of hydrogen-bond donors (Lipinski definition) is 1. The molecule has 1 heterocycles. The Bertz CT molecular complexity index is 890. The summed E-state index contributed by atoms with van der Waals surface area (Å²) in [5, 5.41) is 0.285. The summed E-state index contributed by atoms with van der Waals surface area (Å²) in [6.07, 6.45) is 1.30. The van der Waals surface area contributed by atoms with Gasteiger partial charge in [-0.3, -0.25) is 0 Å². The molecule has 0 aliphatic heterocycles. The first-order valence-electron chi connectivity index (χ1n) is 6.25. The van der Waals surface area contributed by atoms with Crippen molar-refractivity contribution in [3.63, 3.8) is 0 Å². The smallest absolute Gasteiger partial charge is 0.152 e. The van der Waals surface area contributed by atoms with Crippen LogP contribution in [0.3, 0.4) is 0 Å². The molecule has 1 aromatic heterocycles. The zero-order chi connectivity index (χ0) is 15.9. The lowest BCUT2D eigenvalue weighted by atomic mass is 10.0. The Balaban J connectivity index is 0.00000192. The molecule has 0 atom stereocenters. The number of fused-ring (bicyclic) bond motifs is 1. The highest BCUT2D eigenvalue weighted by molar-refractivity contribution is 6.31. The Kier molecular flexibility index (Phi) is 4.87. The van der Waals surface area contributed by atoms with Crippen molar-refractivity contribution in [1.29, 1.82) is 0 Å². The van der Waals surface area contributed by atoms with Gasteiger partial charge in [0.1, 0.15) is 23.7 Å². The highest BCUT2D eigenvalue weighted by Crippen LogP contribution is 2.39. The molecule has 120 valence electrons. The predicted molar refractivity (Wildman–Crippen MR) is 88.1 cm³/mol. The molecular weight excluding hydrogens is 347 g/mol. The summed E-state index contributed by atoms with van der Waals surface area (Å²) in [6.45, 7) is 0. The Labute approximate surface area is 141 Å². The van der Waals surface area contributed by atoms with E-state index in [1.54, 1.807) is 6.07 Å². The second kappa shape index (κ2) is 6.52. The van der Waals surface area contributed by atoms with E-state index in [1.807, 2.05) is 0 Å². The SMILES string of the molecule is COc1cc2ncnc(N)c2cc1-c1c(F)ccc(Cl)c1F.Cl. The van der Waals surface area contributed by atoms with Gasteiger partial charge in [-0.1, -0.05) is 11.6 Å². The fourth-order valence-corrected chi connectivity index (χ4v) is 2.40. The van der Waals surface area contributed by atoms with Crippen LogP contribution in [0.5, 0.6) is 5.75 Å². The van der Waals surface area contributed by atoms with Crippen LogP contribution >= 0.6 is 24.0 Å². The third-order valence-electron chi connectivity index (χ3n) is 3.30. The number of nitrogens with two attached hydrogens (primary N) is 1. The average Bonchev–Trinajstić information content (AvgIpc) is 2.51. The van der Waals surface area contributed by atoms with Crippen molar-refractivity contribution >= 4 is 40.7 Å². The maximum absolute atomic E-state index is 14.3. The van der Waals surface area contributed by atoms with Crippen molar-refractivity contribution in [2.75, 3.05) is 12.8 Å². The molecule has 0 bridgehead atoms. The summed E-state index contributed by atoms with van der Waals surface area (Å²) in [4.78, 5) is 7.94. The van der Waals surface area contributed by atoms with E-state index >= 15 is 0 Å². The van der Waals surface area contributed by atoms with Gasteiger partial charge in [0.25, 0.3) is 0 Å².